The summed E-state index contributed by atoms with van der Waals surface area (Å²) in [5.74, 6) is 0.308. The molecular weight excluding hydrogens is 362 g/mol. The molecule has 0 aliphatic carbocycles. The van der Waals surface area contributed by atoms with Crippen molar-refractivity contribution in [1.29, 1.82) is 0 Å². The predicted molar refractivity (Wildman–Crippen MR) is 104 cm³/mol. The summed E-state index contributed by atoms with van der Waals surface area (Å²) in [5.41, 5.74) is 1.59. The Bertz CT molecular complexity index is 1060. The molecule has 3 aromatic carbocycles. The second kappa shape index (κ2) is 7.63. The van der Waals surface area contributed by atoms with Gasteiger partial charge in [0.1, 0.15) is 5.75 Å². The number of aryl methyl sites for hydroxylation is 1. The topological polar surface area (TPSA) is 72.5 Å². The van der Waals surface area contributed by atoms with Crippen molar-refractivity contribution in [2.24, 2.45) is 0 Å². The van der Waals surface area contributed by atoms with E-state index in [9.17, 15) is 13.2 Å². The van der Waals surface area contributed by atoms with Crippen LogP contribution in [-0.2, 0) is 9.84 Å². The maximum absolute atomic E-state index is 12.8. The second-order valence-electron chi connectivity index (χ2n) is 5.98. The molecule has 0 radical (unpaired) electrons. The fourth-order valence-corrected chi connectivity index (χ4v) is 3.93. The van der Waals surface area contributed by atoms with Gasteiger partial charge in [0.15, 0.2) is 0 Å². The third-order valence-corrected chi connectivity index (χ3v) is 5.93. The quantitative estimate of drug-likeness (QED) is 0.722. The van der Waals surface area contributed by atoms with E-state index in [1.807, 2.05) is 0 Å². The monoisotopic (exact) mass is 381 g/mol. The maximum atomic E-state index is 12.8. The Morgan fingerprint density at radius 2 is 1.56 bits per heavy atom. The molecule has 3 rings (SSSR count). The van der Waals surface area contributed by atoms with Crippen molar-refractivity contribution in [1.82, 2.24) is 0 Å². The molecule has 27 heavy (non-hydrogen) atoms. The lowest BCUT2D eigenvalue weighted by atomic mass is 10.1. The van der Waals surface area contributed by atoms with Crippen molar-refractivity contribution in [3.05, 3.63) is 83.9 Å². The van der Waals surface area contributed by atoms with Crippen LogP contribution in [0.5, 0.6) is 5.75 Å². The smallest absolute Gasteiger partial charge is 0.255 e. The second-order valence-corrected chi connectivity index (χ2v) is 7.93. The fraction of sp³-hybridized carbons (Fsp3) is 0.0952. The predicted octanol–water partition coefficient (Wildman–Crippen LogP) is 4.09. The molecule has 0 atom stereocenters. The Kier molecular flexibility index (Phi) is 5.28. The van der Waals surface area contributed by atoms with Crippen LogP contribution in [0.2, 0.25) is 0 Å². The van der Waals surface area contributed by atoms with Crippen LogP contribution in [0.15, 0.2) is 82.6 Å². The number of ether oxygens (including phenoxy) is 1. The molecule has 0 unspecified atom stereocenters. The molecule has 1 N–H and O–H groups in total. The Morgan fingerprint density at radius 1 is 0.889 bits per heavy atom. The zero-order chi connectivity index (χ0) is 19.4. The lowest BCUT2D eigenvalue weighted by molar-refractivity contribution is 0.102. The van der Waals surface area contributed by atoms with E-state index in [4.69, 9.17) is 4.74 Å². The largest absolute Gasteiger partial charge is 0.497 e. The number of hydrogen-bond donors (Lipinski definition) is 1. The zero-order valence-electron chi connectivity index (χ0n) is 15.0. The van der Waals surface area contributed by atoms with E-state index in [0.29, 0.717) is 22.6 Å². The number of rotatable bonds is 5. The average Bonchev–Trinajstić information content (AvgIpc) is 2.69. The van der Waals surface area contributed by atoms with Crippen LogP contribution in [0, 0.1) is 6.92 Å². The maximum Gasteiger partial charge on any atom is 0.255 e. The van der Waals surface area contributed by atoms with Gasteiger partial charge in [-0.05, 0) is 61.0 Å². The molecule has 1 amide bonds. The van der Waals surface area contributed by atoms with Crippen molar-refractivity contribution in [2.75, 3.05) is 12.4 Å². The van der Waals surface area contributed by atoms with E-state index in [-0.39, 0.29) is 15.7 Å². The first-order valence-electron chi connectivity index (χ1n) is 8.28. The van der Waals surface area contributed by atoms with Crippen molar-refractivity contribution >= 4 is 21.4 Å². The number of methoxy groups -OCH3 is 1. The van der Waals surface area contributed by atoms with Crippen molar-refractivity contribution in [2.45, 2.75) is 16.7 Å². The molecule has 0 aliphatic heterocycles. The van der Waals surface area contributed by atoms with E-state index in [1.165, 1.54) is 24.3 Å². The number of nitrogens with one attached hydrogen (secondary N) is 1. The molecule has 0 spiro atoms. The third-order valence-electron chi connectivity index (χ3n) is 4.17. The molecule has 0 saturated carbocycles. The Hall–Kier alpha value is -3.12. The standard InChI is InChI=1S/C21H19NO4S/c1-15-8-13-19(27(24,25)18-6-4-3-5-7-18)14-20(15)21(23)22-16-9-11-17(26-2)12-10-16/h3-14H,1-2H3,(H,22,23). The van der Waals surface area contributed by atoms with E-state index in [0.717, 1.165) is 0 Å². The van der Waals surface area contributed by atoms with Crippen LogP contribution in [0.4, 0.5) is 5.69 Å². The highest BCUT2D eigenvalue weighted by atomic mass is 32.2. The molecular formula is C21H19NO4S. The van der Waals surface area contributed by atoms with Gasteiger partial charge in [-0.25, -0.2) is 8.42 Å². The first-order valence-corrected chi connectivity index (χ1v) is 9.76. The highest BCUT2D eigenvalue weighted by Crippen LogP contribution is 2.24. The number of amides is 1. The highest BCUT2D eigenvalue weighted by Gasteiger charge is 2.20. The zero-order valence-corrected chi connectivity index (χ0v) is 15.8. The summed E-state index contributed by atoms with van der Waals surface area (Å²) in [6.45, 7) is 1.77. The minimum Gasteiger partial charge on any atom is -0.497 e. The minimum atomic E-state index is -3.69. The SMILES string of the molecule is COc1ccc(NC(=O)c2cc(S(=O)(=O)c3ccccc3)ccc2C)cc1. The van der Waals surface area contributed by atoms with Gasteiger partial charge in [0.25, 0.3) is 5.91 Å². The van der Waals surface area contributed by atoms with Gasteiger partial charge >= 0.3 is 0 Å². The first kappa shape index (κ1) is 18.7. The number of benzene rings is 3. The molecule has 0 fully saturated rings. The number of hydrogen-bond acceptors (Lipinski definition) is 4. The summed E-state index contributed by atoms with van der Waals surface area (Å²) in [6.07, 6.45) is 0. The normalized spacial score (nSPS) is 11.0. The number of carbonyl (C=O) groups excluding carboxylic acids is 1. The molecule has 0 aliphatic rings. The first-order chi connectivity index (χ1) is 12.9. The van der Waals surface area contributed by atoms with Gasteiger partial charge in [-0.3, -0.25) is 4.79 Å². The summed E-state index contributed by atoms with van der Waals surface area (Å²) < 4.78 is 30.7. The van der Waals surface area contributed by atoms with E-state index >= 15 is 0 Å². The lowest BCUT2D eigenvalue weighted by Gasteiger charge is -2.11. The Balaban J connectivity index is 1.92. The Labute approximate surface area is 158 Å². The number of sulfone groups is 1. The molecule has 0 bridgehead atoms. The number of carbonyl (C=O) groups is 1. The fourth-order valence-electron chi connectivity index (χ4n) is 2.62. The van der Waals surface area contributed by atoms with Crippen molar-refractivity contribution < 1.29 is 17.9 Å². The van der Waals surface area contributed by atoms with Gasteiger partial charge in [0.2, 0.25) is 9.84 Å². The lowest BCUT2D eigenvalue weighted by Crippen LogP contribution is -2.14. The van der Waals surface area contributed by atoms with E-state index < -0.39 is 9.84 Å². The van der Waals surface area contributed by atoms with Gasteiger partial charge in [-0.15, -0.1) is 0 Å². The van der Waals surface area contributed by atoms with Crippen LogP contribution < -0.4 is 10.1 Å². The number of anilines is 1. The third kappa shape index (κ3) is 4.01. The van der Waals surface area contributed by atoms with E-state index in [1.54, 1.807) is 62.6 Å². The molecule has 0 aromatic heterocycles. The van der Waals surface area contributed by atoms with Gasteiger partial charge in [0.05, 0.1) is 16.9 Å². The summed E-state index contributed by atoms with van der Waals surface area (Å²) in [7, 11) is -2.13. The molecule has 5 nitrogen and oxygen atoms in total. The molecule has 6 heteroatoms. The van der Waals surface area contributed by atoms with Gasteiger partial charge in [0, 0.05) is 11.3 Å². The molecule has 138 valence electrons. The molecule has 0 saturated heterocycles. The van der Waals surface area contributed by atoms with Crippen LogP contribution >= 0.6 is 0 Å². The van der Waals surface area contributed by atoms with Gasteiger partial charge in [-0.1, -0.05) is 24.3 Å². The molecule has 3 aromatic rings. The van der Waals surface area contributed by atoms with Crippen LogP contribution in [0.1, 0.15) is 15.9 Å². The van der Waals surface area contributed by atoms with Gasteiger partial charge < -0.3 is 10.1 Å². The Morgan fingerprint density at radius 3 is 2.19 bits per heavy atom. The summed E-state index contributed by atoms with van der Waals surface area (Å²) in [6, 6.07) is 19.6. The highest BCUT2D eigenvalue weighted by molar-refractivity contribution is 7.91. The van der Waals surface area contributed by atoms with Crippen molar-refractivity contribution in [3.63, 3.8) is 0 Å². The van der Waals surface area contributed by atoms with Crippen LogP contribution in [-0.4, -0.2) is 21.4 Å². The van der Waals surface area contributed by atoms with Crippen LogP contribution in [0.25, 0.3) is 0 Å². The summed E-state index contributed by atoms with van der Waals surface area (Å²) in [5, 5.41) is 2.78. The minimum absolute atomic E-state index is 0.0826. The average molecular weight is 381 g/mol. The summed E-state index contributed by atoms with van der Waals surface area (Å²) in [4.78, 5) is 12.9. The van der Waals surface area contributed by atoms with E-state index in [2.05, 4.69) is 5.32 Å². The summed E-state index contributed by atoms with van der Waals surface area (Å²) >= 11 is 0. The van der Waals surface area contributed by atoms with Crippen LogP contribution in [0.3, 0.4) is 0 Å². The van der Waals surface area contributed by atoms with Crippen molar-refractivity contribution in [3.8, 4) is 5.75 Å². The molecule has 0 heterocycles. The van der Waals surface area contributed by atoms with Gasteiger partial charge in [-0.2, -0.15) is 0 Å².